The first kappa shape index (κ1) is 18.5. The van der Waals surface area contributed by atoms with Gasteiger partial charge in [-0.05, 0) is 31.4 Å². The van der Waals surface area contributed by atoms with Crippen molar-refractivity contribution in [1.29, 1.82) is 0 Å². The van der Waals surface area contributed by atoms with E-state index in [1.165, 1.54) is 0 Å². The lowest BCUT2D eigenvalue weighted by Crippen LogP contribution is -2.48. The van der Waals surface area contributed by atoms with Crippen molar-refractivity contribution in [3.05, 3.63) is 35.9 Å². The highest BCUT2D eigenvalue weighted by Gasteiger charge is 2.44. The Kier molecular flexibility index (Phi) is 4.53. The number of nitrogens with zero attached hydrogens (tertiary/aromatic N) is 4. The number of hydrogen-bond donors (Lipinski definition) is 2. The first-order chi connectivity index (χ1) is 14.1. The molecular weight excluding hydrogens is 374 g/mol. The van der Waals surface area contributed by atoms with Crippen LogP contribution in [0.1, 0.15) is 37.1 Å². The number of benzene rings is 1. The van der Waals surface area contributed by atoms with E-state index in [-0.39, 0.29) is 17.9 Å². The zero-order chi connectivity index (χ0) is 20.0. The molecule has 1 aromatic carbocycles. The Labute approximate surface area is 168 Å². The summed E-state index contributed by atoms with van der Waals surface area (Å²) in [6.45, 7) is 2.36. The largest absolute Gasteiger partial charge is 0.489 e. The SMILES string of the molecule is CN1C(=O)[C@@H](NC(O)c2nc3n(n2)CCC32CCOCC2)COc2ccccc21. The van der Waals surface area contributed by atoms with Gasteiger partial charge < -0.3 is 19.5 Å². The number of likely N-dealkylation sites (N-methyl/N-ethyl adjacent to an activating group) is 1. The fraction of sp³-hybridized carbons (Fsp3) is 0.550. The van der Waals surface area contributed by atoms with Crippen LogP contribution in [-0.2, 0) is 21.5 Å². The second-order valence-electron chi connectivity index (χ2n) is 7.96. The molecule has 1 fully saturated rings. The van der Waals surface area contributed by atoms with Crippen molar-refractivity contribution in [2.45, 2.75) is 43.5 Å². The zero-order valence-corrected chi connectivity index (χ0v) is 16.4. The van der Waals surface area contributed by atoms with Crippen LogP contribution in [0.5, 0.6) is 5.75 Å². The van der Waals surface area contributed by atoms with Crippen molar-refractivity contribution >= 4 is 11.6 Å². The number of carbonyl (C=O) groups excluding carboxylic acids is 1. The van der Waals surface area contributed by atoms with Gasteiger partial charge in [-0.1, -0.05) is 12.1 Å². The monoisotopic (exact) mass is 399 g/mol. The smallest absolute Gasteiger partial charge is 0.247 e. The van der Waals surface area contributed by atoms with Crippen LogP contribution < -0.4 is 15.0 Å². The van der Waals surface area contributed by atoms with E-state index in [0.717, 1.165) is 44.8 Å². The number of hydrogen-bond acceptors (Lipinski definition) is 7. The molecule has 9 heteroatoms. The first-order valence-electron chi connectivity index (χ1n) is 10.0. The number of fused-ring (bicyclic) bond motifs is 3. The number of nitrogens with one attached hydrogen (secondary N) is 1. The van der Waals surface area contributed by atoms with Crippen LogP contribution in [0.25, 0.3) is 0 Å². The quantitative estimate of drug-likeness (QED) is 0.734. The highest BCUT2D eigenvalue weighted by Crippen LogP contribution is 2.42. The number of aliphatic hydroxyl groups is 1. The van der Waals surface area contributed by atoms with Crippen molar-refractivity contribution in [2.24, 2.45) is 0 Å². The second-order valence-corrected chi connectivity index (χ2v) is 7.96. The molecular formula is C20H25N5O4. The number of carbonyl (C=O) groups is 1. The van der Waals surface area contributed by atoms with Gasteiger partial charge in [0.2, 0.25) is 5.91 Å². The number of rotatable bonds is 3. The average Bonchev–Trinajstić information content (AvgIpc) is 3.29. The fourth-order valence-electron chi connectivity index (χ4n) is 4.53. The molecule has 1 amide bonds. The summed E-state index contributed by atoms with van der Waals surface area (Å²) < 4.78 is 13.2. The lowest BCUT2D eigenvalue weighted by Gasteiger charge is -2.31. The molecule has 3 aliphatic heterocycles. The Hall–Kier alpha value is -2.49. The predicted octanol–water partition coefficient (Wildman–Crippen LogP) is 0.734. The summed E-state index contributed by atoms with van der Waals surface area (Å²) in [5.41, 5.74) is 0.698. The number of aliphatic hydroxyl groups excluding tert-OH is 1. The summed E-state index contributed by atoms with van der Waals surface area (Å²) in [7, 11) is 1.70. The van der Waals surface area contributed by atoms with E-state index in [1.807, 2.05) is 28.9 Å². The number of aromatic nitrogens is 3. The summed E-state index contributed by atoms with van der Waals surface area (Å²) in [4.78, 5) is 19.1. The maximum Gasteiger partial charge on any atom is 0.247 e. The molecule has 0 bridgehead atoms. The molecule has 5 rings (SSSR count). The summed E-state index contributed by atoms with van der Waals surface area (Å²) in [6, 6.07) is 6.67. The first-order valence-corrected chi connectivity index (χ1v) is 10.0. The van der Waals surface area contributed by atoms with E-state index >= 15 is 0 Å². The van der Waals surface area contributed by atoms with Crippen LogP contribution in [0, 0.1) is 0 Å². The lowest BCUT2D eigenvalue weighted by molar-refractivity contribution is -0.121. The highest BCUT2D eigenvalue weighted by molar-refractivity contribution is 5.98. The molecule has 1 unspecified atom stereocenters. The predicted molar refractivity (Wildman–Crippen MR) is 104 cm³/mol. The van der Waals surface area contributed by atoms with Gasteiger partial charge in [0, 0.05) is 32.2 Å². The minimum atomic E-state index is -1.16. The Morgan fingerprint density at radius 3 is 2.90 bits per heavy atom. The Morgan fingerprint density at radius 1 is 1.28 bits per heavy atom. The molecule has 9 nitrogen and oxygen atoms in total. The molecule has 1 spiro atoms. The summed E-state index contributed by atoms with van der Waals surface area (Å²) in [5.74, 6) is 1.68. The molecule has 1 aromatic heterocycles. The Morgan fingerprint density at radius 2 is 2.07 bits per heavy atom. The Bertz CT molecular complexity index is 923. The van der Waals surface area contributed by atoms with Crippen LogP contribution >= 0.6 is 0 Å². The average molecular weight is 399 g/mol. The third kappa shape index (κ3) is 3.09. The molecule has 2 atom stereocenters. The van der Waals surface area contributed by atoms with E-state index in [0.29, 0.717) is 17.3 Å². The summed E-state index contributed by atoms with van der Waals surface area (Å²) >= 11 is 0. The van der Waals surface area contributed by atoms with E-state index in [9.17, 15) is 9.90 Å². The number of amides is 1. The van der Waals surface area contributed by atoms with Crippen LogP contribution in [0.15, 0.2) is 24.3 Å². The van der Waals surface area contributed by atoms with Gasteiger partial charge >= 0.3 is 0 Å². The van der Waals surface area contributed by atoms with E-state index < -0.39 is 12.3 Å². The van der Waals surface area contributed by atoms with E-state index in [2.05, 4.69) is 15.4 Å². The minimum Gasteiger partial charge on any atom is -0.489 e. The highest BCUT2D eigenvalue weighted by atomic mass is 16.5. The number of aryl methyl sites for hydroxylation is 1. The van der Waals surface area contributed by atoms with Crippen molar-refractivity contribution in [3.8, 4) is 5.75 Å². The van der Waals surface area contributed by atoms with Crippen molar-refractivity contribution in [1.82, 2.24) is 20.1 Å². The van der Waals surface area contributed by atoms with Gasteiger partial charge in [0.05, 0.1) is 5.69 Å². The van der Waals surface area contributed by atoms with Crippen LogP contribution in [0.3, 0.4) is 0 Å². The molecule has 4 heterocycles. The summed E-state index contributed by atoms with van der Waals surface area (Å²) in [6.07, 6.45) is 1.70. The van der Waals surface area contributed by atoms with Crippen molar-refractivity contribution in [2.75, 3.05) is 31.8 Å². The van der Waals surface area contributed by atoms with E-state index in [4.69, 9.17) is 9.47 Å². The van der Waals surface area contributed by atoms with Gasteiger partial charge in [-0.25, -0.2) is 9.67 Å². The molecule has 0 saturated carbocycles. The van der Waals surface area contributed by atoms with Gasteiger partial charge in [0.15, 0.2) is 12.1 Å². The Balaban J connectivity index is 1.33. The van der Waals surface area contributed by atoms with Crippen molar-refractivity contribution < 1.29 is 19.4 Å². The minimum absolute atomic E-state index is 0.00761. The number of para-hydroxylation sites is 2. The van der Waals surface area contributed by atoms with Gasteiger partial charge in [-0.3, -0.25) is 10.1 Å². The van der Waals surface area contributed by atoms with Gasteiger partial charge in [-0.15, -0.1) is 0 Å². The maximum atomic E-state index is 12.9. The maximum absolute atomic E-state index is 12.9. The third-order valence-corrected chi connectivity index (χ3v) is 6.28. The molecule has 2 N–H and O–H groups in total. The van der Waals surface area contributed by atoms with Crippen molar-refractivity contribution in [3.63, 3.8) is 0 Å². The molecule has 29 heavy (non-hydrogen) atoms. The molecule has 3 aliphatic rings. The molecule has 0 aliphatic carbocycles. The van der Waals surface area contributed by atoms with Gasteiger partial charge in [0.25, 0.3) is 0 Å². The van der Waals surface area contributed by atoms with Crippen LogP contribution in [0.2, 0.25) is 0 Å². The van der Waals surface area contributed by atoms with E-state index in [1.54, 1.807) is 11.9 Å². The zero-order valence-electron chi connectivity index (χ0n) is 16.4. The van der Waals surface area contributed by atoms with Crippen LogP contribution in [-0.4, -0.2) is 58.7 Å². The molecule has 1 saturated heterocycles. The van der Waals surface area contributed by atoms with Crippen LogP contribution in [0.4, 0.5) is 5.69 Å². The standard InChI is InChI=1S/C20H25N5O4/c1-24-14-4-2-3-5-15(14)29-12-13(18(24)27)21-17(26)16-22-19-20(6-9-25(19)23-16)7-10-28-11-8-20/h2-5,13,17,21,26H,6-12H2,1H3/t13-,17?/m0/s1. The fourth-order valence-corrected chi connectivity index (χ4v) is 4.53. The molecule has 154 valence electrons. The molecule has 0 radical (unpaired) electrons. The van der Waals surface area contributed by atoms with Gasteiger partial charge in [-0.2, -0.15) is 5.10 Å². The number of anilines is 1. The lowest BCUT2D eigenvalue weighted by atomic mass is 9.78. The normalized spacial score (nSPS) is 24.0. The summed E-state index contributed by atoms with van der Waals surface area (Å²) in [5, 5.41) is 18.2. The van der Waals surface area contributed by atoms with Gasteiger partial charge in [0.1, 0.15) is 24.2 Å². The number of ether oxygens (including phenoxy) is 2. The molecule has 2 aromatic rings. The second kappa shape index (κ2) is 7.08. The third-order valence-electron chi connectivity index (χ3n) is 6.28. The topological polar surface area (TPSA) is 102 Å².